The van der Waals surface area contributed by atoms with Crippen molar-refractivity contribution >= 4 is 17.3 Å². The second-order valence-electron chi connectivity index (χ2n) is 6.62. The number of nitro benzene ring substituents is 1. The molecule has 3 rings (SSSR count). The number of nitro groups is 1. The second-order valence-corrected chi connectivity index (χ2v) is 6.62. The molecule has 1 N–H and O–H groups in total. The number of nitrogens with zero attached hydrogens (tertiary/aromatic N) is 2. The number of amides is 1. The molecule has 138 valence electrons. The largest absolute Gasteiger partial charge is 0.321 e. The van der Waals surface area contributed by atoms with Crippen molar-refractivity contribution in [3.63, 3.8) is 0 Å². The molecule has 0 fully saturated rings. The molecule has 0 aliphatic rings. The average molecular weight is 363 g/mol. The molecule has 1 aromatic heterocycles. The Morgan fingerprint density at radius 1 is 1.04 bits per heavy atom. The lowest BCUT2D eigenvalue weighted by atomic mass is 10.1. The fraction of sp³-hybridized carbons (Fsp3) is 0.190. The van der Waals surface area contributed by atoms with E-state index in [0.29, 0.717) is 16.8 Å². The molecule has 0 saturated carbocycles. The van der Waals surface area contributed by atoms with Gasteiger partial charge in [0.15, 0.2) is 0 Å². The number of aryl methyl sites for hydroxylation is 2. The van der Waals surface area contributed by atoms with E-state index in [0.717, 1.165) is 22.6 Å². The number of rotatable bonds is 4. The Labute approximate surface area is 157 Å². The number of anilines is 1. The van der Waals surface area contributed by atoms with Crippen LogP contribution in [0.25, 0.3) is 5.69 Å². The van der Waals surface area contributed by atoms with Gasteiger partial charge in [0.05, 0.1) is 21.7 Å². The van der Waals surface area contributed by atoms with E-state index in [9.17, 15) is 14.9 Å². The van der Waals surface area contributed by atoms with E-state index in [1.54, 1.807) is 19.1 Å². The van der Waals surface area contributed by atoms with Crippen LogP contribution in [0.5, 0.6) is 0 Å². The molecule has 6 heteroatoms. The summed E-state index contributed by atoms with van der Waals surface area (Å²) in [5, 5.41) is 13.9. The molecule has 0 bridgehead atoms. The molecule has 0 aliphatic carbocycles. The minimum absolute atomic E-state index is 0.0157. The first-order chi connectivity index (χ1) is 12.8. The molecule has 0 atom stereocenters. The molecule has 0 radical (unpaired) electrons. The first-order valence-corrected chi connectivity index (χ1v) is 8.61. The van der Waals surface area contributed by atoms with Crippen molar-refractivity contribution in [3.8, 4) is 5.69 Å². The number of hydrogen-bond acceptors (Lipinski definition) is 3. The molecule has 27 heavy (non-hydrogen) atoms. The Balaban J connectivity index is 1.97. The van der Waals surface area contributed by atoms with Gasteiger partial charge in [-0.15, -0.1) is 0 Å². The van der Waals surface area contributed by atoms with Crippen molar-refractivity contribution in [2.24, 2.45) is 0 Å². The predicted molar refractivity (Wildman–Crippen MR) is 106 cm³/mol. The van der Waals surface area contributed by atoms with Crippen molar-refractivity contribution in [1.82, 2.24) is 4.57 Å². The Bertz CT molecular complexity index is 1050. The highest BCUT2D eigenvalue weighted by Gasteiger charge is 2.19. The lowest BCUT2D eigenvalue weighted by molar-refractivity contribution is -0.385. The quantitative estimate of drug-likeness (QED) is 0.530. The molecule has 0 aliphatic heterocycles. The maximum atomic E-state index is 12.8. The van der Waals surface area contributed by atoms with Crippen LogP contribution in [0.15, 0.2) is 48.5 Å². The zero-order valence-electron chi connectivity index (χ0n) is 15.7. The number of hydrogen-bond donors (Lipinski definition) is 1. The van der Waals surface area contributed by atoms with Crippen molar-refractivity contribution in [1.29, 1.82) is 0 Å². The lowest BCUT2D eigenvalue weighted by Crippen LogP contribution is -2.14. The summed E-state index contributed by atoms with van der Waals surface area (Å²) in [6, 6.07) is 14.6. The minimum Gasteiger partial charge on any atom is -0.321 e. The molecular weight excluding hydrogens is 342 g/mol. The van der Waals surface area contributed by atoms with Crippen LogP contribution in [0, 0.1) is 37.8 Å². The number of benzene rings is 2. The van der Waals surface area contributed by atoms with Gasteiger partial charge in [-0.25, -0.2) is 0 Å². The van der Waals surface area contributed by atoms with Crippen molar-refractivity contribution in [3.05, 3.63) is 86.7 Å². The van der Waals surface area contributed by atoms with Crippen LogP contribution >= 0.6 is 0 Å². The zero-order valence-corrected chi connectivity index (χ0v) is 15.7. The highest BCUT2D eigenvalue weighted by Crippen LogP contribution is 2.27. The summed E-state index contributed by atoms with van der Waals surface area (Å²) in [6.07, 6.45) is 0. The van der Waals surface area contributed by atoms with Gasteiger partial charge in [-0.1, -0.05) is 18.2 Å². The van der Waals surface area contributed by atoms with Gasteiger partial charge < -0.3 is 9.88 Å². The summed E-state index contributed by atoms with van der Waals surface area (Å²) >= 11 is 0. The highest BCUT2D eigenvalue weighted by atomic mass is 16.6. The van der Waals surface area contributed by atoms with Crippen LogP contribution in [-0.4, -0.2) is 15.4 Å². The van der Waals surface area contributed by atoms with E-state index >= 15 is 0 Å². The van der Waals surface area contributed by atoms with E-state index in [1.807, 2.05) is 49.6 Å². The van der Waals surface area contributed by atoms with Gasteiger partial charge in [0.1, 0.15) is 0 Å². The average Bonchev–Trinajstić information content (AvgIpc) is 2.91. The summed E-state index contributed by atoms with van der Waals surface area (Å²) in [5.74, 6) is -0.286. The van der Waals surface area contributed by atoms with Gasteiger partial charge in [0.2, 0.25) is 0 Å². The first-order valence-electron chi connectivity index (χ1n) is 8.61. The monoisotopic (exact) mass is 363 g/mol. The molecule has 1 amide bonds. The first kappa shape index (κ1) is 18.4. The molecule has 1 heterocycles. The van der Waals surface area contributed by atoms with E-state index in [4.69, 9.17) is 0 Å². The van der Waals surface area contributed by atoms with Crippen molar-refractivity contribution in [2.45, 2.75) is 27.7 Å². The topological polar surface area (TPSA) is 77.2 Å². The molecule has 0 saturated heterocycles. The SMILES string of the molecule is Cc1cccc(-n2c(C)cc(C(=O)Nc3cccc([N+](=O)[O-])c3C)c2C)c1. The van der Waals surface area contributed by atoms with Gasteiger partial charge in [0, 0.05) is 23.1 Å². The normalized spacial score (nSPS) is 10.7. The summed E-state index contributed by atoms with van der Waals surface area (Å²) in [5.41, 5.74) is 5.29. The van der Waals surface area contributed by atoms with Crippen molar-refractivity contribution < 1.29 is 9.72 Å². The Morgan fingerprint density at radius 2 is 1.74 bits per heavy atom. The summed E-state index contributed by atoms with van der Waals surface area (Å²) in [7, 11) is 0. The van der Waals surface area contributed by atoms with Crippen LogP contribution in [0.2, 0.25) is 0 Å². The third-order valence-corrected chi connectivity index (χ3v) is 4.69. The molecular formula is C21H21N3O3. The predicted octanol–water partition coefficient (Wildman–Crippen LogP) is 4.87. The van der Waals surface area contributed by atoms with Gasteiger partial charge in [-0.2, -0.15) is 0 Å². The summed E-state index contributed by atoms with van der Waals surface area (Å²) in [6.45, 7) is 7.50. The van der Waals surface area contributed by atoms with Crippen LogP contribution in [0.1, 0.15) is 32.9 Å². The fourth-order valence-corrected chi connectivity index (χ4v) is 3.30. The molecule has 2 aromatic carbocycles. The molecule has 0 unspecified atom stereocenters. The van der Waals surface area contributed by atoms with Crippen LogP contribution < -0.4 is 5.32 Å². The standard InChI is InChI=1S/C21H21N3O3/c1-13-7-5-8-17(11-13)23-14(2)12-18(16(23)4)21(25)22-19-9-6-10-20(15(19)3)24(26)27/h5-12H,1-4H3,(H,22,25). The maximum Gasteiger partial charge on any atom is 0.274 e. The second kappa shape index (κ2) is 7.07. The lowest BCUT2D eigenvalue weighted by Gasteiger charge is -2.11. The van der Waals surface area contributed by atoms with Crippen LogP contribution in [-0.2, 0) is 0 Å². The van der Waals surface area contributed by atoms with E-state index in [-0.39, 0.29) is 11.6 Å². The fourth-order valence-electron chi connectivity index (χ4n) is 3.30. The summed E-state index contributed by atoms with van der Waals surface area (Å²) < 4.78 is 2.03. The Morgan fingerprint density at radius 3 is 2.41 bits per heavy atom. The molecule has 3 aromatic rings. The van der Waals surface area contributed by atoms with E-state index in [2.05, 4.69) is 11.4 Å². The smallest absolute Gasteiger partial charge is 0.274 e. The van der Waals surface area contributed by atoms with Gasteiger partial charge >= 0.3 is 0 Å². The Kier molecular flexibility index (Phi) is 4.81. The van der Waals surface area contributed by atoms with Crippen molar-refractivity contribution in [2.75, 3.05) is 5.32 Å². The third-order valence-electron chi connectivity index (χ3n) is 4.69. The van der Waals surface area contributed by atoms with Crippen LogP contribution in [0.3, 0.4) is 0 Å². The summed E-state index contributed by atoms with van der Waals surface area (Å²) in [4.78, 5) is 23.5. The molecule has 0 spiro atoms. The number of aromatic nitrogens is 1. The zero-order chi connectivity index (χ0) is 19.7. The highest BCUT2D eigenvalue weighted by molar-refractivity contribution is 6.06. The van der Waals surface area contributed by atoms with Gasteiger partial charge in [-0.3, -0.25) is 14.9 Å². The Hall–Kier alpha value is -3.41. The number of carbonyl (C=O) groups is 1. The molecule has 6 nitrogen and oxygen atoms in total. The number of nitrogens with one attached hydrogen (secondary N) is 1. The maximum absolute atomic E-state index is 12.8. The van der Waals surface area contributed by atoms with Gasteiger partial charge in [0.25, 0.3) is 11.6 Å². The van der Waals surface area contributed by atoms with E-state index < -0.39 is 4.92 Å². The van der Waals surface area contributed by atoms with Gasteiger partial charge in [-0.05, 0) is 57.5 Å². The minimum atomic E-state index is -0.450. The third kappa shape index (κ3) is 3.46. The van der Waals surface area contributed by atoms with Crippen LogP contribution in [0.4, 0.5) is 11.4 Å². The van der Waals surface area contributed by atoms with E-state index in [1.165, 1.54) is 6.07 Å². The number of carbonyl (C=O) groups excluding carboxylic acids is 1.